The summed E-state index contributed by atoms with van der Waals surface area (Å²) in [6.07, 6.45) is 11.5. The number of phenolic OH excluding ortho intramolecular Hbond substituents is 1. The molecule has 3 aliphatic carbocycles. The van der Waals surface area contributed by atoms with Crippen molar-refractivity contribution in [2.24, 2.45) is 29.1 Å². The van der Waals surface area contributed by atoms with Gasteiger partial charge in [0.1, 0.15) is 17.2 Å². The van der Waals surface area contributed by atoms with E-state index >= 15 is 0 Å². The Hall–Kier alpha value is -2.20. The first-order chi connectivity index (χ1) is 18.5. The van der Waals surface area contributed by atoms with E-state index in [2.05, 4.69) is 43.0 Å². The SMILES string of the molecule is COc1cc(OCC[C@H]2CCC3C4C(C)Cc5cc(O)ccc5C4CCC32C)ccc1CN1CCCCC1. The summed E-state index contributed by atoms with van der Waals surface area (Å²) >= 11 is 0. The van der Waals surface area contributed by atoms with Crippen molar-refractivity contribution in [3.63, 3.8) is 0 Å². The van der Waals surface area contributed by atoms with Gasteiger partial charge in [0.2, 0.25) is 0 Å². The number of ether oxygens (including phenoxy) is 2. The average Bonchev–Trinajstić information content (AvgIpc) is 3.25. The molecule has 4 heteroatoms. The predicted octanol–water partition coefficient (Wildman–Crippen LogP) is 7.57. The molecule has 5 unspecified atom stereocenters. The van der Waals surface area contributed by atoms with Crippen molar-refractivity contribution in [1.82, 2.24) is 4.90 Å². The van der Waals surface area contributed by atoms with Gasteiger partial charge in [0.25, 0.3) is 0 Å². The van der Waals surface area contributed by atoms with Gasteiger partial charge < -0.3 is 14.6 Å². The van der Waals surface area contributed by atoms with Crippen molar-refractivity contribution in [3.05, 3.63) is 53.1 Å². The molecule has 0 radical (unpaired) electrons. The van der Waals surface area contributed by atoms with E-state index in [0.717, 1.165) is 55.2 Å². The number of hydrogen-bond donors (Lipinski definition) is 1. The summed E-state index contributed by atoms with van der Waals surface area (Å²) in [6, 6.07) is 12.6. The van der Waals surface area contributed by atoms with Crippen LogP contribution in [0.5, 0.6) is 17.2 Å². The Kier molecular flexibility index (Phi) is 7.37. The van der Waals surface area contributed by atoms with Crippen molar-refractivity contribution in [2.45, 2.75) is 84.1 Å². The van der Waals surface area contributed by atoms with Crippen LogP contribution in [-0.4, -0.2) is 36.8 Å². The molecule has 6 rings (SSSR count). The van der Waals surface area contributed by atoms with Crippen molar-refractivity contribution in [2.75, 3.05) is 26.8 Å². The van der Waals surface area contributed by atoms with Gasteiger partial charge in [-0.25, -0.2) is 0 Å². The molecule has 0 bridgehead atoms. The van der Waals surface area contributed by atoms with Crippen molar-refractivity contribution < 1.29 is 14.6 Å². The van der Waals surface area contributed by atoms with E-state index in [0.29, 0.717) is 23.0 Å². The fraction of sp³-hybridized carbons (Fsp3) is 0.647. The third-order valence-corrected chi connectivity index (χ3v) is 11.1. The lowest BCUT2D eigenvalue weighted by Crippen LogP contribution is -2.45. The van der Waals surface area contributed by atoms with Gasteiger partial charge in [-0.3, -0.25) is 4.90 Å². The molecule has 1 N–H and O–H groups in total. The summed E-state index contributed by atoms with van der Waals surface area (Å²) in [7, 11) is 1.78. The van der Waals surface area contributed by atoms with Crippen molar-refractivity contribution >= 4 is 0 Å². The topological polar surface area (TPSA) is 41.9 Å². The molecule has 3 fully saturated rings. The molecule has 1 aliphatic heterocycles. The fourth-order valence-electron chi connectivity index (χ4n) is 9.17. The number of rotatable bonds is 7. The zero-order valence-electron chi connectivity index (χ0n) is 23.8. The Bertz CT molecular complexity index is 1120. The quantitative estimate of drug-likeness (QED) is 0.411. The maximum absolute atomic E-state index is 10.1. The maximum Gasteiger partial charge on any atom is 0.127 e. The fourth-order valence-corrected chi connectivity index (χ4v) is 9.17. The molecule has 2 aromatic rings. The van der Waals surface area contributed by atoms with Crippen LogP contribution in [0.25, 0.3) is 0 Å². The standard InChI is InChI=1S/C34H47NO3/c1-23-19-25-20-27(36)9-11-29(25)30-13-15-34(2)26(8-12-31(34)33(23)30)14-18-38-28-10-7-24(32(21-28)37-3)22-35-16-5-4-6-17-35/h7,9-11,20-21,23,26,30-31,33,36H,4-6,8,12-19,22H2,1-3H3/t23?,26-,30?,31?,33?,34?/m1/s1. The van der Waals surface area contributed by atoms with Crippen molar-refractivity contribution in [3.8, 4) is 17.2 Å². The molecule has 6 atom stereocenters. The Labute approximate surface area is 229 Å². The number of methoxy groups -OCH3 is 1. The van der Waals surface area contributed by atoms with Crippen LogP contribution < -0.4 is 9.47 Å². The van der Waals surface area contributed by atoms with Gasteiger partial charge in [-0.15, -0.1) is 0 Å². The van der Waals surface area contributed by atoms with Crippen molar-refractivity contribution in [1.29, 1.82) is 0 Å². The molecule has 4 nitrogen and oxygen atoms in total. The first kappa shape index (κ1) is 26.0. The molecule has 2 saturated carbocycles. The second kappa shape index (κ2) is 10.8. The highest BCUT2D eigenvalue weighted by molar-refractivity contribution is 5.41. The van der Waals surface area contributed by atoms with Crippen LogP contribution in [0.15, 0.2) is 36.4 Å². The number of likely N-dealkylation sites (tertiary alicyclic amines) is 1. The lowest BCUT2D eigenvalue weighted by atomic mass is 9.51. The first-order valence-electron chi connectivity index (χ1n) is 15.3. The van der Waals surface area contributed by atoms with Crippen LogP contribution in [0.3, 0.4) is 0 Å². The normalized spacial score (nSPS) is 32.8. The van der Waals surface area contributed by atoms with Gasteiger partial charge in [-0.05, 0) is 129 Å². The number of nitrogens with zero attached hydrogens (tertiary/aromatic N) is 1. The monoisotopic (exact) mass is 517 g/mol. The molecule has 2 aromatic carbocycles. The number of aromatic hydroxyl groups is 1. The van der Waals surface area contributed by atoms with E-state index in [9.17, 15) is 5.11 Å². The van der Waals surface area contributed by atoms with E-state index in [1.165, 1.54) is 74.7 Å². The highest BCUT2D eigenvalue weighted by Crippen LogP contribution is 2.64. The van der Waals surface area contributed by atoms with Crippen LogP contribution in [0.2, 0.25) is 0 Å². The third-order valence-electron chi connectivity index (χ3n) is 11.1. The molecule has 1 heterocycles. The van der Waals surface area contributed by atoms with Crippen LogP contribution in [-0.2, 0) is 13.0 Å². The van der Waals surface area contributed by atoms with Gasteiger partial charge in [-0.2, -0.15) is 0 Å². The largest absolute Gasteiger partial charge is 0.508 e. The summed E-state index contributed by atoms with van der Waals surface area (Å²) in [5.41, 5.74) is 4.60. The molecule has 0 aromatic heterocycles. The van der Waals surface area contributed by atoms with Crippen LogP contribution >= 0.6 is 0 Å². The number of phenols is 1. The van der Waals surface area contributed by atoms with Crippen LogP contribution in [0, 0.1) is 29.1 Å². The van der Waals surface area contributed by atoms with Crippen LogP contribution in [0.4, 0.5) is 0 Å². The van der Waals surface area contributed by atoms with Gasteiger partial charge >= 0.3 is 0 Å². The lowest BCUT2D eigenvalue weighted by Gasteiger charge is -2.53. The minimum atomic E-state index is 0.420. The summed E-state index contributed by atoms with van der Waals surface area (Å²) in [5, 5.41) is 10.1. The number of piperidine rings is 1. The second-order valence-electron chi connectivity index (χ2n) is 13.1. The molecular weight excluding hydrogens is 470 g/mol. The Morgan fingerprint density at radius 1 is 1.03 bits per heavy atom. The van der Waals surface area contributed by atoms with E-state index in [4.69, 9.17) is 9.47 Å². The molecule has 0 amide bonds. The predicted molar refractivity (Wildman–Crippen MR) is 153 cm³/mol. The van der Waals surface area contributed by atoms with E-state index < -0.39 is 0 Å². The summed E-state index contributed by atoms with van der Waals surface area (Å²) in [6.45, 7) is 9.21. The zero-order valence-corrected chi connectivity index (χ0v) is 23.8. The highest BCUT2D eigenvalue weighted by Gasteiger charge is 2.55. The minimum Gasteiger partial charge on any atom is -0.508 e. The molecular formula is C34H47NO3. The van der Waals surface area contributed by atoms with Gasteiger partial charge in [0.05, 0.1) is 13.7 Å². The Morgan fingerprint density at radius 3 is 2.68 bits per heavy atom. The summed E-state index contributed by atoms with van der Waals surface area (Å²) < 4.78 is 12.1. The first-order valence-corrected chi connectivity index (χ1v) is 15.3. The van der Waals surface area contributed by atoms with Gasteiger partial charge in [0, 0.05) is 18.2 Å². The lowest BCUT2D eigenvalue weighted by molar-refractivity contribution is 0.000913. The summed E-state index contributed by atoms with van der Waals surface area (Å²) in [4.78, 5) is 2.55. The highest BCUT2D eigenvalue weighted by atomic mass is 16.5. The van der Waals surface area contributed by atoms with Gasteiger partial charge in [-0.1, -0.05) is 32.4 Å². The maximum atomic E-state index is 10.1. The number of fused-ring (bicyclic) bond motifs is 5. The zero-order chi connectivity index (χ0) is 26.3. The Morgan fingerprint density at radius 2 is 1.87 bits per heavy atom. The summed E-state index contributed by atoms with van der Waals surface area (Å²) in [5.74, 6) is 5.98. The second-order valence-corrected chi connectivity index (χ2v) is 13.1. The van der Waals surface area contributed by atoms with Crippen LogP contribution in [0.1, 0.15) is 87.8 Å². The molecule has 1 saturated heterocycles. The van der Waals surface area contributed by atoms with E-state index in [-0.39, 0.29) is 0 Å². The van der Waals surface area contributed by atoms with Gasteiger partial charge in [0.15, 0.2) is 0 Å². The third kappa shape index (κ3) is 4.83. The van der Waals surface area contributed by atoms with E-state index in [1.54, 1.807) is 7.11 Å². The number of benzene rings is 2. The smallest absolute Gasteiger partial charge is 0.127 e. The molecule has 0 spiro atoms. The molecule has 206 valence electrons. The molecule has 38 heavy (non-hydrogen) atoms. The molecule has 4 aliphatic rings. The minimum absolute atomic E-state index is 0.420. The Balaban J connectivity index is 1.08. The number of hydrogen-bond acceptors (Lipinski definition) is 4. The average molecular weight is 518 g/mol. The van der Waals surface area contributed by atoms with E-state index in [1.807, 2.05) is 12.1 Å².